The van der Waals surface area contributed by atoms with E-state index < -0.39 is 0 Å². The number of aliphatic hydroxyl groups excluding tert-OH is 1. The third-order valence-corrected chi connectivity index (χ3v) is 8.16. The minimum atomic E-state index is -0.312. The van der Waals surface area contributed by atoms with E-state index in [1.54, 1.807) is 0 Å². The summed E-state index contributed by atoms with van der Waals surface area (Å²) in [5, 5.41) is 11.3. The van der Waals surface area contributed by atoms with Gasteiger partial charge in [0.15, 0.2) is 0 Å². The lowest BCUT2D eigenvalue weighted by Crippen LogP contribution is -2.60. The zero-order valence-electron chi connectivity index (χ0n) is 16.3. The molecule has 4 aliphatic rings. The first-order valence-corrected chi connectivity index (χ1v) is 10.6. The number of aromatic nitrogens is 2. The van der Waals surface area contributed by atoms with Gasteiger partial charge in [0.05, 0.1) is 30.4 Å². The second-order valence-electron chi connectivity index (χ2n) is 9.75. The van der Waals surface area contributed by atoms with Crippen molar-refractivity contribution in [1.29, 1.82) is 0 Å². The summed E-state index contributed by atoms with van der Waals surface area (Å²) < 4.78 is 2.25. The molecule has 2 aliphatic carbocycles. The van der Waals surface area contributed by atoms with Crippen molar-refractivity contribution >= 4 is 5.91 Å². The minimum Gasteiger partial charge on any atom is -0.392 e. The molecular weight excluding hydrogens is 350 g/mol. The number of likely N-dealkylation sites (tertiary alicyclic amines) is 1. The predicted octanol–water partition coefficient (Wildman–Crippen LogP) is 3.24. The number of carbonyl (C=O) groups excluding carboxylic acids is 1. The van der Waals surface area contributed by atoms with Gasteiger partial charge in [-0.1, -0.05) is 31.2 Å². The zero-order valence-corrected chi connectivity index (χ0v) is 16.3. The molecule has 5 heteroatoms. The quantitative estimate of drug-likeness (QED) is 0.874. The van der Waals surface area contributed by atoms with Crippen LogP contribution in [-0.4, -0.2) is 44.7 Å². The first kappa shape index (κ1) is 16.8. The Morgan fingerprint density at radius 3 is 2.64 bits per heavy atom. The van der Waals surface area contributed by atoms with Crippen LogP contribution in [0.5, 0.6) is 0 Å². The molecule has 0 bridgehead atoms. The van der Waals surface area contributed by atoms with Crippen molar-refractivity contribution in [2.24, 2.45) is 16.7 Å². The number of imidazole rings is 1. The van der Waals surface area contributed by atoms with E-state index in [1.165, 1.54) is 11.1 Å². The highest BCUT2D eigenvalue weighted by Gasteiger charge is 2.59. The Kier molecular flexibility index (Phi) is 3.28. The molecular formula is C23H27N3O2. The molecule has 0 radical (unpaired) electrons. The van der Waals surface area contributed by atoms with Crippen LogP contribution in [0.4, 0.5) is 0 Å². The predicted molar refractivity (Wildman–Crippen MR) is 106 cm³/mol. The molecule has 6 rings (SSSR count). The molecule has 1 aromatic carbocycles. The monoisotopic (exact) mass is 377 g/mol. The lowest BCUT2D eigenvalue weighted by Gasteiger charge is -2.58. The SMILES string of the molecule is CC1(C(=O)N2CCC3(CC2)C[C@@H]([C@H]2c4ccccc4-c4cncn42)[C@H]3O)CC1. The fraction of sp³-hybridized carbons (Fsp3) is 0.565. The maximum absolute atomic E-state index is 12.7. The highest BCUT2D eigenvalue weighted by molar-refractivity contribution is 5.85. The molecule has 3 heterocycles. The molecule has 0 unspecified atom stereocenters. The van der Waals surface area contributed by atoms with Crippen LogP contribution in [0.1, 0.15) is 50.6 Å². The second-order valence-corrected chi connectivity index (χ2v) is 9.75. The van der Waals surface area contributed by atoms with Gasteiger partial charge in [-0.25, -0.2) is 4.98 Å². The van der Waals surface area contributed by atoms with Gasteiger partial charge in [-0.3, -0.25) is 4.79 Å². The lowest BCUT2D eigenvalue weighted by atomic mass is 9.53. The number of hydrogen-bond donors (Lipinski definition) is 1. The molecule has 1 amide bonds. The summed E-state index contributed by atoms with van der Waals surface area (Å²) in [7, 11) is 0. The molecule has 1 aromatic heterocycles. The Bertz CT molecular complexity index is 952. The van der Waals surface area contributed by atoms with Crippen LogP contribution in [0.15, 0.2) is 36.8 Å². The molecule has 1 spiro atoms. The van der Waals surface area contributed by atoms with E-state index in [0.717, 1.165) is 50.9 Å². The van der Waals surface area contributed by atoms with Crippen LogP contribution < -0.4 is 0 Å². The van der Waals surface area contributed by atoms with Crippen molar-refractivity contribution in [3.63, 3.8) is 0 Å². The maximum Gasteiger partial charge on any atom is 0.228 e. The van der Waals surface area contributed by atoms with Gasteiger partial charge in [-0.2, -0.15) is 0 Å². The van der Waals surface area contributed by atoms with Crippen molar-refractivity contribution in [3.05, 3.63) is 42.4 Å². The van der Waals surface area contributed by atoms with E-state index in [0.29, 0.717) is 5.91 Å². The fourth-order valence-corrected chi connectivity index (χ4v) is 6.03. The summed E-state index contributed by atoms with van der Waals surface area (Å²) in [5.74, 6) is 0.556. The Labute approximate surface area is 165 Å². The summed E-state index contributed by atoms with van der Waals surface area (Å²) in [6.07, 6.45) is 8.49. The average Bonchev–Trinajstić information content (AvgIpc) is 3.18. The van der Waals surface area contributed by atoms with Gasteiger partial charge in [0.25, 0.3) is 0 Å². The fourth-order valence-electron chi connectivity index (χ4n) is 6.03. The normalized spacial score (nSPS) is 31.2. The Balaban J connectivity index is 1.21. The van der Waals surface area contributed by atoms with Gasteiger partial charge in [-0.15, -0.1) is 0 Å². The molecule has 2 aliphatic heterocycles. The van der Waals surface area contributed by atoms with E-state index in [9.17, 15) is 9.90 Å². The minimum absolute atomic E-state index is 0.00974. The first-order valence-electron chi connectivity index (χ1n) is 10.6. The summed E-state index contributed by atoms with van der Waals surface area (Å²) in [6.45, 7) is 3.69. The molecule has 2 aromatic rings. The van der Waals surface area contributed by atoms with Crippen LogP contribution in [0.2, 0.25) is 0 Å². The third kappa shape index (κ3) is 2.11. The second kappa shape index (κ2) is 5.47. The zero-order chi connectivity index (χ0) is 19.1. The van der Waals surface area contributed by atoms with Crippen LogP contribution in [0, 0.1) is 16.7 Å². The standard InChI is InChI=1S/C23H27N3O2/c1-22(6-7-22)21(28)25-10-8-23(9-11-25)12-17(20(23)27)19-16-5-3-2-4-15(16)18-13-24-14-26(18)19/h2-5,13-14,17,19-20,27H,6-12H2,1H3/t17-,19+,20+/m0/s1. The van der Waals surface area contributed by atoms with Gasteiger partial charge in [0.1, 0.15) is 0 Å². The number of aliphatic hydroxyl groups is 1. The van der Waals surface area contributed by atoms with E-state index in [1.807, 2.05) is 12.5 Å². The highest BCUT2D eigenvalue weighted by atomic mass is 16.3. The van der Waals surface area contributed by atoms with Gasteiger partial charge in [-0.05, 0) is 37.7 Å². The van der Waals surface area contributed by atoms with Crippen LogP contribution in [0.3, 0.4) is 0 Å². The molecule has 2 saturated carbocycles. The molecule has 3 atom stereocenters. The van der Waals surface area contributed by atoms with Gasteiger partial charge in [0.2, 0.25) is 5.91 Å². The number of piperidine rings is 1. The molecule has 5 nitrogen and oxygen atoms in total. The number of nitrogens with zero attached hydrogens (tertiary/aromatic N) is 3. The average molecular weight is 377 g/mol. The number of amides is 1. The number of carbonyl (C=O) groups is 1. The van der Waals surface area contributed by atoms with E-state index in [4.69, 9.17) is 0 Å². The number of hydrogen-bond acceptors (Lipinski definition) is 3. The van der Waals surface area contributed by atoms with E-state index >= 15 is 0 Å². The summed E-state index contributed by atoms with van der Waals surface area (Å²) in [6, 6.07) is 8.70. The molecule has 28 heavy (non-hydrogen) atoms. The van der Waals surface area contributed by atoms with E-state index in [-0.39, 0.29) is 28.9 Å². The van der Waals surface area contributed by atoms with Crippen LogP contribution in [-0.2, 0) is 4.79 Å². The van der Waals surface area contributed by atoms with Crippen molar-refractivity contribution in [1.82, 2.24) is 14.5 Å². The number of rotatable bonds is 2. The summed E-state index contributed by atoms with van der Waals surface area (Å²) in [4.78, 5) is 19.1. The molecule has 3 fully saturated rings. The maximum atomic E-state index is 12.7. The largest absolute Gasteiger partial charge is 0.392 e. The Morgan fingerprint density at radius 2 is 1.93 bits per heavy atom. The topological polar surface area (TPSA) is 58.4 Å². The van der Waals surface area contributed by atoms with E-state index in [2.05, 4.69) is 45.6 Å². The van der Waals surface area contributed by atoms with Crippen molar-refractivity contribution in [2.75, 3.05) is 13.1 Å². The van der Waals surface area contributed by atoms with Gasteiger partial charge < -0.3 is 14.6 Å². The first-order chi connectivity index (χ1) is 13.5. The van der Waals surface area contributed by atoms with Gasteiger partial charge in [0, 0.05) is 35.4 Å². The van der Waals surface area contributed by atoms with Crippen LogP contribution >= 0.6 is 0 Å². The molecule has 1 saturated heterocycles. The summed E-state index contributed by atoms with van der Waals surface area (Å²) >= 11 is 0. The Morgan fingerprint density at radius 1 is 1.18 bits per heavy atom. The molecule has 146 valence electrons. The van der Waals surface area contributed by atoms with Crippen molar-refractivity contribution < 1.29 is 9.90 Å². The van der Waals surface area contributed by atoms with Crippen molar-refractivity contribution in [3.8, 4) is 11.3 Å². The third-order valence-electron chi connectivity index (χ3n) is 8.16. The van der Waals surface area contributed by atoms with Crippen LogP contribution in [0.25, 0.3) is 11.3 Å². The number of benzene rings is 1. The van der Waals surface area contributed by atoms with Gasteiger partial charge >= 0.3 is 0 Å². The number of fused-ring (bicyclic) bond motifs is 3. The lowest BCUT2D eigenvalue weighted by molar-refractivity contribution is -0.166. The molecule has 1 N–H and O–H groups in total. The Hall–Kier alpha value is -2.14. The smallest absolute Gasteiger partial charge is 0.228 e. The summed E-state index contributed by atoms with van der Waals surface area (Å²) in [5.41, 5.74) is 3.62. The van der Waals surface area contributed by atoms with Crippen molar-refractivity contribution in [2.45, 2.75) is 51.2 Å². The highest BCUT2D eigenvalue weighted by Crippen LogP contribution is 2.60.